The molecule has 0 aliphatic heterocycles. The number of halogens is 1. The first-order valence-electron chi connectivity index (χ1n) is 6.66. The van der Waals surface area contributed by atoms with Gasteiger partial charge in [0.15, 0.2) is 5.11 Å². The third kappa shape index (κ3) is 4.82. The molecule has 3 N–H and O–H groups in total. The molecule has 0 aliphatic rings. The Balaban J connectivity index is 1.85. The van der Waals surface area contributed by atoms with Gasteiger partial charge in [0.25, 0.3) is 0 Å². The molecule has 0 aliphatic carbocycles. The summed E-state index contributed by atoms with van der Waals surface area (Å²) in [7, 11) is 0. The van der Waals surface area contributed by atoms with Gasteiger partial charge < -0.3 is 10.4 Å². The predicted molar refractivity (Wildman–Crippen MR) is 89.3 cm³/mol. The number of hydrogen-bond donors (Lipinski definition) is 3. The van der Waals surface area contributed by atoms with Crippen molar-refractivity contribution in [3.8, 4) is 5.75 Å². The van der Waals surface area contributed by atoms with Gasteiger partial charge in [-0.3, -0.25) is 5.43 Å². The van der Waals surface area contributed by atoms with E-state index in [1.54, 1.807) is 36.4 Å². The Morgan fingerprint density at radius 2 is 1.77 bits per heavy atom. The molecule has 0 unspecified atom stereocenters. The maximum atomic E-state index is 12.8. The molecule has 2 aromatic carbocycles. The van der Waals surface area contributed by atoms with Crippen LogP contribution in [0.15, 0.2) is 53.6 Å². The fraction of sp³-hybridized carbons (Fsp3) is 0.125. The number of hydrogen-bond acceptors (Lipinski definition) is 3. The van der Waals surface area contributed by atoms with E-state index in [2.05, 4.69) is 15.8 Å². The molecule has 2 aromatic rings. The summed E-state index contributed by atoms with van der Waals surface area (Å²) in [6.07, 6.45) is 0. The Morgan fingerprint density at radius 1 is 1.14 bits per heavy atom. The zero-order valence-corrected chi connectivity index (χ0v) is 12.8. The minimum absolute atomic E-state index is 0.209. The number of rotatable bonds is 4. The molecule has 0 saturated heterocycles. The van der Waals surface area contributed by atoms with Crippen molar-refractivity contribution in [1.82, 2.24) is 10.7 Å². The quantitative estimate of drug-likeness (QED) is 0.461. The monoisotopic (exact) mass is 317 g/mol. The molecule has 0 bridgehead atoms. The maximum Gasteiger partial charge on any atom is 0.187 e. The standard InChI is InChI=1S/C16H16FN3OS/c1-11(13-4-8-15(21)9-5-13)19-20-16(22)18-10-12-2-6-14(17)7-3-12/h2-9,21H,10H2,1H3,(H2,18,20,22)/b19-11+. The number of phenols is 1. The molecule has 22 heavy (non-hydrogen) atoms. The van der Waals surface area contributed by atoms with Crippen LogP contribution in [0, 0.1) is 5.82 Å². The Morgan fingerprint density at radius 3 is 2.41 bits per heavy atom. The summed E-state index contributed by atoms with van der Waals surface area (Å²) in [5, 5.41) is 16.8. The molecular weight excluding hydrogens is 301 g/mol. The summed E-state index contributed by atoms with van der Waals surface area (Å²) < 4.78 is 12.8. The van der Waals surface area contributed by atoms with Crippen molar-refractivity contribution in [1.29, 1.82) is 0 Å². The predicted octanol–water partition coefficient (Wildman–Crippen LogP) is 2.92. The van der Waals surface area contributed by atoms with Gasteiger partial charge in [-0.15, -0.1) is 0 Å². The first-order chi connectivity index (χ1) is 10.5. The van der Waals surface area contributed by atoms with Crippen LogP contribution < -0.4 is 10.7 Å². The summed E-state index contributed by atoms with van der Waals surface area (Å²) in [6, 6.07) is 12.9. The third-order valence-corrected chi connectivity index (χ3v) is 3.21. The molecule has 0 atom stereocenters. The Labute approximate surface area is 133 Å². The molecule has 0 radical (unpaired) electrons. The van der Waals surface area contributed by atoms with Crippen LogP contribution >= 0.6 is 12.2 Å². The van der Waals surface area contributed by atoms with Crippen molar-refractivity contribution >= 4 is 23.0 Å². The van der Waals surface area contributed by atoms with E-state index in [0.717, 1.165) is 16.8 Å². The Kier molecular flexibility index (Phi) is 5.43. The van der Waals surface area contributed by atoms with Gasteiger partial charge in [-0.25, -0.2) is 4.39 Å². The number of nitrogens with zero attached hydrogens (tertiary/aromatic N) is 1. The van der Waals surface area contributed by atoms with Gasteiger partial charge in [0.1, 0.15) is 11.6 Å². The van der Waals surface area contributed by atoms with Crippen molar-refractivity contribution < 1.29 is 9.50 Å². The molecule has 2 rings (SSSR count). The lowest BCUT2D eigenvalue weighted by molar-refractivity contribution is 0.475. The van der Waals surface area contributed by atoms with Crippen molar-refractivity contribution in [2.45, 2.75) is 13.5 Å². The minimum Gasteiger partial charge on any atom is -0.508 e. The van der Waals surface area contributed by atoms with Crippen LogP contribution in [-0.2, 0) is 6.54 Å². The number of aromatic hydroxyl groups is 1. The maximum absolute atomic E-state index is 12.8. The minimum atomic E-state index is -0.265. The van der Waals surface area contributed by atoms with Gasteiger partial charge in [-0.2, -0.15) is 5.10 Å². The zero-order chi connectivity index (χ0) is 15.9. The highest BCUT2D eigenvalue weighted by atomic mass is 32.1. The number of thiocarbonyl (C=S) groups is 1. The van der Waals surface area contributed by atoms with E-state index < -0.39 is 0 Å². The Bertz CT molecular complexity index is 669. The first kappa shape index (κ1) is 15.9. The second-order valence-corrected chi connectivity index (χ2v) is 5.07. The van der Waals surface area contributed by atoms with Crippen LogP contribution in [0.5, 0.6) is 5.75 Å². The van der Waals surface area contributed by atoms with Crippen molar-refractivity contribution in [2.75, 3.05) is 0 Å². The average molecular weight is 317 g/mol. The summed E-state index contributed by atoms with van der Waals surface area (Å²) in [5.41, 5.74) is 5.29. The largest absolute Gasteiger partial charge is 0.508 e. The number of nitrogens with one attached hydrogen (secondary N) is 2. The lowest BCUT2D eigenvalue weighted by Gasteiger charge is -2.08. The molecule has 6 heteroatoms. The molecule has 0 spiro atoms. The van der Waals surface area contributed by atoms with Gasteiger partial charge in [0.2, 0.25) is 0 Å². The fourth-order valence-electron chi connectivity index (χ4n) is 1.73. The Hall–Kier alpha value is -2.47. The van der Waals surface area contributed by atoms with Gasteiger partial charge >= 0.3 is 0 Å². The summed E-state index contributed by atoms with van der Waals surface area (Å²) in [5.74, 6) is -0.0560. The zero-order valence-electron chi connectivity index (χ0n) is 12.0. The fourth-order valence-corrected chi connectivity index (χ4v) is 1.84. The van der Waals surface area contributed by atoms with Crippen LogP contribution in [0.1, 0.15) is 18.1 Å². The third-order valence-electron chi connectivity index (χ3n) is 2.98. The number of hydrazone groups is 1. The van der Waals surface area contributed by atoms with Crippen molar-refractivity contribution in [3.63, 3.8) is 0 Å². The summed E-state index contributed by atoms with van der Waals surface area (Å²) in [6.45, 7) is 2.32. The van der Waals surface area contributed by atoms with Gasteiger partial charge in [0, 0.05) is 6.54 Å². The molecule has 0 amide bonds. The second-order valence-electron chi connectivity index (χ2n) is 4.67. The van der Waals surface area contributed by atoms with Crippen LogP contribution in [-0.4, -0.2) is 15.9 Å². The van der Waals surface area contributed by atoms with Crippen LogP contribution in [0.2, 0.25) is 0 Å². The van der Waals surface area contributed by atoms with E-state index in [9.17, 15) is 9.50 Å². The van der Waals surface area contributed by atoms with Gasteiger partial charge in [-0.05, 0) is 66.7 Å². The lowest BCUT2D eigenvalue weighted by Crippen LogP contribution is -2.32. The highest BCUT2D eigenvalue weighted by Crippen LogP contribution is 2.10. The molecule has 0 aromatic heterocycles. The number of phenolic OH excluding ortho intramolecular Hbond substituents is 1. The molecule has 0 fully saturated rings. The normalized spacial score (nSPS) is 11.1. The molecule has 0 saturated carbocycles. The average Bonchev–Trinajstić information content (AvgIpc) is 2.52. The van der Waals surface area contributed by atoms with Crippen molar-refractivity contribution in [3.05, 3.63) is 65.5 Å². The SMILES string of the molecule is C/C(=N\NC(=S)NCc1ccc(F)cc1)c1ccc(O)cc1. The summed E-state index contributed by atoms with van der Waals surface area (Å²) in [4.78, 5) is 0. The number of benzene rings is 2. The van der Waals surface area contributed by atoms with Gasteiger partial charge in [-0.1, -0.05) is 12.1 Å². The van der Waals surface area contributed by atoms with E-state index in [1.807, 2.05) is 6.92 Å². The van der Waals surface area contributed by atoms with Gasteiger partial charge in [0.05, 0.1) is 5.71 Å². The smallest absolute Gasteiger partial charge is 0.187 e. The van der Waals surface area contributed by atoms with Crippen molar-refractivity contribution in [2.24, 2.45) is 5.10 Å². The van der Waals surface area contributed by atoms with E-state index in [-0.39, 0.29) is 11.6 Å². The van der Waals surface area contributed by atoms with E-state index in [0.29, 0.717) is 11.7 Å². The molecular formula is C16H16FN3OS. The van der Waals surface area contributed by atoms with E-state index in [4.69, 9.17) is 12.2 Å². The van der Waals surface area contributed by atoms with E-state index in [1.165, 1.54) is 12.1 Å². The molecule has 4 nitrogen and oxygen atoms in total. The first-order valence-corrected chi connectivity index (χ1v) is 7.07. The lowest BCUT2D eigenvalue weighted by atomic mass is 10.1. The van der Waals surface area contributed by atoms with E-state index >= 15 is 0 Å². The topological polar surface area (TPSA) is 56.7 Å². The molecule has 0 heterocycles. The highest BCUT2D eigenvalue weighted by molar-refractivity contribution is 7.80. The van der Waals surface area contributed by atoms with Crippen LogP contribution in [0.3, 0.4) is 0 Å². The second kappa shape index (κ2) is 7.51. The highest BCUT2D eigenvalue weighted by Gasteiger charge is 1.99. The van der Waals surface area contributed by atoms with Crippen LogP contribution in [0.4, 0.5) is 4.39 Å². The molecule has 114 valence electrons. The van der Waals surface area contributed by atoms with Crippen LogP contribution in [0.25, 0.3) is 0 Å². The summed E-state index contributed by atoms with van der Waals surface area (Å²) >= 11 is 5.12.